The standard InChI is InChI=1S/C13H10ClN3S/c14-12-6-10(16)1-2-13(12)18-8-9-3-4-17-11(5-9)7-15/h1-6H,8,16H2. The van der Waals surface area contributed by atoms with Gasteiger partial charge in [-0.1, -0.05) is 11.6 Å². The predicted octanol–water partition coefficient (Wildman–Crippen LogP) is 3.48. The first-order chi connectivity index (χ1) is 8.69. The number of nitrogens with two attached hydrogens (primary N) is 1. The Morgan fingerprint density at radius 3 is 2.89 bits per heavy atom. The lowest BCUT2D eigenvalue weighted by Crippen LogP contribution is -1.88. The molecule has 0 unspecified atom stereocenters. The third-order valence-electron chi connectivity index (χ3n) is 2.29. The van der Waals surface area contributed by atoms with E-state index in [-0.39, 0.29) is 0 Å². The van der Waals surface area contributed by atoms with Crippen LogP contribution in [0, 0.1) is 11.3 Å². The number of nitrogens with zero attached hydrogens (tertiary/aromatic N) is 2. The van der Waals surface area contributed by atoms with Crippen molar-refractivity contribution in [2.45, 2.75) is 10.6 Å². The molecule has 2 aromatic rings. The molecule has 5 heteroatoms. The van der Waals surface area contributed by atoms with Crippen molar-refractivity contribution < 1.29 is 0 Å². The van der Waals surface area contributed by atoms with Crippen molar-refractivity contribution in [1.82, 2.24) is 4.98 Å². The van der Waals surface area contributed by atoms with Crippen molar-refractivity contribution in [3.8, 4) is 6.07 Å². The first-order valence-electron chi connectivity index (χ1n) is 5.22. The van der Waals surface area contributed by atoms with Crippen molar-refractivity contribution in [1.29, 1.82) is 5.26 Å². The molecule has 0 radical (unpaired) electrons. The minimum atomic E-state index is 0.427. The largest absolute Gasteiger partial charge is 0.399 e. The molecule has 0 aliphatic rings. The van der Waals surface area contributed by atoms with Crippen LogP contribution in [0.4, 0.5) is 5.69 Å². The van der Waals surface area contributed by atoms with Gasteiger partial charge in [0.15, 0.2) is 0 Å². The van der Waals surface area contributed by atoms with Gasteiger partial charge in [0, 0.05) is 22.5 Å². The Morgan fingerprint density at radius 2 is 2.17 bits per heavy atom. The molecule has 0 amide bonds. The molecule has 0 spiro atoms. The van der Waals surface area contributed by atoms with E-state index in [1.807, 2.05) is 24.3 Å². The van der Waals surface area contributed by atoms with Crippen molar-refractivity contribution in [2.24, 2.45) is 0 Å². The van der Waals surface area contributed by atoms with Crippen LogP contribution in [0.2, 0.25) is 5.02 Å². The van der Waals surface area contributed by atoms with Gasteiger partial charge in [-0.25, -0.2) is 4.98 Å². The van der Waals surface area contributed by atoms with E-state index in [9.17, 15) is 0 Å². The highest BCUT2D eigenvalue weighted by atomic mass is 35.5. The number of nitrogen functional groups attached to an aromatic ring is 1. The van der Waals surface area contributed by atoms with Gasteiger partial charge in [0.2, 0.25) is 0 Å². The second kappa shape index (κ2) is 5.76. The number of anilines is 1. The third kappa shape index (κ3) is 3.16. The lowest BCUT2D eigenvalue weighted by molar-refractivity contribution is 1.22. The molecule has 1 heterocycles. The number of benzene rings is 1. The maximum absolute atomic E-state index is 8.77. The Morgan fingerprint density at radius 1 is 1.33 bits per heavy atom. The number of nitriles is 1. The van der Waals surface area contributed by atoms with Crippen molar-refractivity contribution in [3.05, 3.63) is 52.8 Å². The Balaban J connectivity index is 2.09. The van der Waals surface area contributed by atoms with E-state index < -0.39 is 0 Å². The summed E-state index contributed by atoms with van der Waals surface area (Å²) in [6, 6.07) is 11.1. The lowest BCUT2D eigenvalue weighted by Gasteiger charge is -2.05. The van der Waals surface area contributed by atoms with Crippen LogP contribution in [0.15, 0.2) is 41.4 Å². The molecule has 0 fully saturated rings. The minimum Gasteiger partial charge on any atom is -0.399 e. The van der Waals surface area contributed by atoms with E-state index in [0.29, 0.717) is 16.4 Å². The first kappa shape index (κ1) is 12.7. The van der Waals surface area contributed by atoms with Crippen LogP contribution < -0.4 is 5.73 Å². The number of pyridine rings is 1. The average molecular weight is 276 g/mol. The van der Waals surface area contributed by atoms with Gasteiger partial charge in [-0.2, -0.15) is 5.26 Å². The minimum absolute atomic E-state index is 0.427. The third-order valence-corrected chi connectivity index (χ3v) is 3.86. The number of halogens is 1. The zero-order valence-corrected chi connectivity index (χ0v) is 11.0. The van der Waals surface area contributed by atoms with Gasteiger partial charge in [0.1, 0.15) is 11.8 Å². The van der Waals surface area contributed by atoms with Crippen LogP contribution in [0.25, 0.3) is 0 Å². The molecule has 2 rings (SSSR count). The molecule has 3 nitrogen and oxygen atoms in total. The lowest BCUT2D eigenvalue weighted by atomic mass is 10.2. The molecule has 1 aromatic carbocycles. The molecular weight excluding hydrogens is 266 g/mol. The predicted molar refractivity (Wildman–Crippen MR) is 74.4 cm³/mol. The number of rotatable bonds is 3. The zero-order valence-electron chi connectivity index (χ0n) is 9.43. The Bertz CT molecular complexity index is 607. The normalized spacial score (nSPS) is 10.0. The van der Waals surface area contributed by atoms with Gasteiger partial charge >= 0.3 is 0 Å². The fourth-order valence-corrected chi connectivity index (χ4v) is 2.64. The maximum Gasteiger partial charge on any atom is 0.140 e. The quantitative estimate of drug-likeness (QED) is 0.688. The monoisotopic (exact) mass is 275 g/mol. The zero-order chi connectivity index (χ0) is 13.0. The summed E-state index contributed by atoms with van der Waals surface area (Å²) in [7, 11) is 0. The van der Waals surface area contributed by atoms with Crippen LogP contribution in [0.1, 0.15) is 11.3 Å². The number of hydrogen-bond donors (Lipinski definition) is 1. The first-order valence-corrected chi connectivity index (χ1v) is 6.58. The summed E-state index contributed by atoms with van der Waals surface area (Å²) < 4.78 is 0. The van der Waals surface area contributed by atoms with Gasteiger partial charge < -0.3 is 5.73 Å². The molecule has 0 bridgehead atoms. The smallest absolute Gasteiger partial charge is 0.140 e. The fraction of sp³-hybridized carbons (Fsp3) is 0.0769. The highest BCUT2D eigenvalue weighted by Crippen LogP contribution is 2.31. The second-order valence-electron chi connectivity index (χ2n) is 3.64. The molecule has 0 aliphatic carbocycles. The SMILES string of the molecule is N#Cc1cc(CSc2ccc(N)cc2Cl)ccn1. The average Bonchev–Trinajstić information content (AvgIpc) is 2.38. The summed E-state index contributed by atoms with van der Waals surface area (Å²) >= 11 is 7.69. The van der Waals surface area contributed by atoms with Crippen LogP contribution >= 0.6 is 23.4 Å². The molecule has 90 valence electrons. The van der Waals surface area contributed by atoms with Gasteiger partial charge in [0.25, 0.3) is 0 Å². The van der Waals surface area contributed by atoms with E-state index in [1.165, 1.54) is 0 Å². The van der Waals surface area contributed by atoms with Crippen LogP contribution in [-0.2, 0) is 5.75 Å². The van der Waals surface area contributed by atoms with Gasteiger partial charge in [-0.15, -0.1) is 11.8 Å². The van der Waals surface area contributed by atoms with Crippen LogP contribution in [0.5, 0.6) is 0 Å². The fourth-order valence-electron chi connectivity index (χ4n) is 1.42. The number of hydrogen-bond acceptors (Lipinski definition) is 4. The van der Waals surface area contributed by atoms with E-state index >= 15 is 0 Å². The maximum atomic E-state index is 8.77. The van der Waals surface area contributed by atoms with Gasteiger partial charge in [0.05, 0.1) is 5.02 Å². The second-order valence-corrected chi connectivity index (χ2v) is 5.06. The summed E-state index contributed by atoms with van der Waals surface area (Å²) in [6.45, 7) is 0. The highest BCUT2D eigenvalue weighted by molar-refractivity contribution is 7.98. The summed E-state index contributed by atoms with van der Waals surface area (Å²) in [5, 5.41) is 9.42. The molecule has 0 saturated carbocycles. The van der Waals surface area contributed by atoms with Crippen molar-refractivity contribution in [2.75, 3.05) is 5.73 Å². The summed E-state index contributed by atoms with van der Waals surface area (Å²) in [5.41, 5.74) is 7.76. The van der Waals surface area contributed by atoms with E-state index in [2.05, 4.69) is 4.98 Å². The van der Waals surface area contributed by atoms with Crippen LogP contribution in [-0.4, -0.2) is 4.98 Å². The Labute approximate surface area is 115 Å². The van der Waals surface area contributed by atoms with E-state index in [0.717, 1.165) is 16.2 Å². The van der Waals surface area contributed by atoms with Crippen LogP contribution in [0.3, 0.4) is 0 Å². The molecule has 0 saturated heterocycles. The Hall–Kier alpha value is -1.70. The molecular formula is C13H10ClN3S. The van der Waals surface area contributed by atoms with E-state index in [4.69, 9.17) is 22.6 Å². The van der Waals surface area contributed by atoms with Crippen molar-refractivity contribution >= 4 is 29.1 Å². The summed E-state index contributed by atoms with van der Waals surface area (Å²) in [6.07, 6.45) is 1.64. The summed E-state index contributed by atoms with van der Waals surface area (Å²) in [4.78, 5) is 4.90. The topological polar surface area (TPSA) is 62.7 Å². The van der Waals surface area contributed by atoms with Crippen molar-refractivity contribution in [3.63, 3.8) is 0 Å². The Kier molecular flexibility index (Phi) is 4.08. The van der Waals surface area contributed by atoms with E-state index in [1.54, 1.807) is 30.1 Å². The summed E-state index contributed by atoms with van der Waals surface area (Å²) in [5.74, 6) is 0.737. The molecule has 0 atom stereocenters. The molecule has 18 heavy (non-hydrogen) atoms. The molecule has 1 aromatic heterocycles. The number of aromatic nitrogens is 1. The molecule has 2 N–H and O–H groups in total. The highest BCUT2D eigenvalue weighted by Gasteiger charge is 2.03. The van der Waals surface area contributed by atoms with Gasteiger partial charge in [-0.3, -0.25) is 0 Å². The molecule has 0 aliphatic heterocycles. The number of thioether (sulfide) groups is 1. The van der Waals surface area contributed by atoms with Gasteiger partial charge in [-0.05, 0) is 35.9 Å².